The molecule has 3 rings (SSSR count). The Kier molecular flexibility index (Phi) is 8.90. The second kappa shape index (κ2) is 10.9. The van der Waals surface area contributed by atoms with Crippen LogP contribution in [0, 0.1) is 6.92 Å². The van der Waals surface area contributed by atoms with Crippen molar-refractivity contribution < 1.29 is 0 Å². The van der Waals surface area contributed by atoms with Crippen molar-refractivity contribution in [2.24, 2.45) is 12.0 Å². The van der Waals surface area contributed by atoms with Gasteiger partial charge in [-0.05, 0) is 30.0 Å². The monoisotopic (exact) mass is 574 g/mol. The summed E-state index contributed by atoms with van der Waals surface area (Å²) in [7, 11) is 4.01. The Labute approximate surface area is 195 Å². The van der Waals surface area contributed by atoms with Gasteiger partial charge in [-0.1, -0.05) is 40.2 Å². The third-order valence-corrected chi connectivity index (χ3v) is 5.93. The lowest BCUT2D eigenvalue weighted by Gasteiger charge is -2.23. The summed E-state index contributed by atoms with van der Waals surface area (Å²) in [5.41, 5.74) is 1.21. The normalized spacial score (nSPS) is 11.2. The van der Waals surface area contributed by atoms with E-state index in [0.29, 0.717) is 6.54 Å². The van der Waals surface area contributed by atoms with Crippen LogP contribution in [0.1, 0.15) is 22.1 Å². The van der Waals surface area contributed by atoms with Crippen LogP contribution in [-0.2, 0) is 26.7 Å². The summed E-state index contributed by atoms with van der Waals surface area (Å²) in [6.07, 6.45) is 0. The average Bonchev–Trinajstić information content (AvgIpc) is 3.28. The van der Waals surface area contributed by atoms with Crippen molar-refractivity contribution in [1.82, 2.24) is 25.0 Å². The van der Waals surface area contributed by atoms with E-state index in [1.165, 1.54) is 10.4 Å². The lowest BCUT2D eigenvalue weighted by molar-refractivity contribution is 0.473. The quantitative estimate of drug-likeness (QED) is 0.270. The highest BCUT2D eigenvalue weighted by molar-refractivity contribution is 14.0. The summed E-state index contributed by atoms with van der Waals surface area (Å²) in [5, 5.41) is 13.9. The number of halogens is 2. The minimum Gasteiger partial charge on any atom is -0.351 e. The number of aliphatic imine (C=N–C) groups is 1. The summed E-state index contributed by atoms with van der Waals surface area (Å²) < 4.78 is 3.06. The van der Waals surface area contributed by atoms with E-state index in [9.17, 15) is 0 Å². The zero-order valence-electron chi connectivity index (χ0n) is 16.1. The molecular weight excluding hydrogens is 551 g/mol. The molecule has 3 aromatic rings. The summed E-state index contributed by atoms with van der Waals surface area (Å²) in [6, 6.07) is 12.4. The number of aromatic nitrogens is 3. The molecule has 2 heterocycles. The fourth-order valence-electron chi connectivity index (χ4n) is 2.58. The number of nitrogens with zero attached hydrogens (tertiary/aromatic N) is 5. The summed E-state index contributed by atoms with van der Waals surface area (Å²) >= 11 is 5.36. The molecule has 0 aliphatic carbocycles. The molecule has 0 radical (unpaired) electrons. The molecule has 2 aromatic heterocycles. The van der Waals surface area contributed by atoms with Crippen LogP contribution < -0.4 is 5.32 Å². The van der Waals surface area contributed by atoms with Crippen molar-refractivity contribution in [2.45, 2.75) is 26.6 Å². The number of hydrogen-bond acceptors (Lipinski definition) is 4. The largest absolute Gasteiger partial charge is 0.351 e. The van der Waals surface area contributed by atoms with Crippen LogP contribution >= 0.6 is 51.2 Å². The van der Waals surface area contributed by atoms with Crippen LogP contribution in [-0.4, -0.2) is 32.7 Å². The number of benzene rings is 1. The topological polar surface area (TPSA) is 58.3 Å². The number of nitrogens with one attached hydrogen (secondary N) is 1. The van der Waals surface area contributed by atoms with Gasteiger partial charge in [0.2, 0.25) is 0 Å². The zero-order chi connectivity index (χ0) is 19.2. The van der Waals surface area contributed by atoms with E-state index < -0.39 is 0 Å². The maximum Gasteiger partial charge on any atom is 0.194 e. The van der Waals surface area contributed by atoms with Crippen molar-refractivity contribution in [3.8, 4) is 0 Å². The summed E-state index contributed by atoms with van der Waals surface area (Å²) in [6.45, 7) is 3.91. The molecular formula is C19H24BrIN6S. The summed E-state index contributed by atoms with van der Waals surface area (Å²) in [5.74, 6) is 2.56. The average molecular weight is 575 g/mol. The first kappa shape index (κ1) is 22.8. The number of aryl methyl sites for hydroxylation is 1. The van der Waals surface area contributed by atoms with Crippen LogP contribution in [0.3, 0.4) is 0 Å². The molecule has 0 aliphatic rings. The molecule has 0 aliphatic heterocycles. The molecule has 0 amide bonds. The van der Waals surface area contributed by atoms with Gasteiger partial charge in [-0.25, -0.2) is 4.99 Å². The minimum absolute atomic E-state index is 0. The Morgan fingerprint density at radius 2 is 2.04 bits per heavy atom. The van der Waals surface area contributed by atoms with Crippen LogP contribution in [0.25, 0.3) is 0 Å². The molecule has 0 bridgehead atoms. The number of thiophene rings is 1. The molecule has 150 valence electrons. The predicted octanol–water partition coefficient (Wildman–Crippen LogP) is 4.34. The van der Waals surface area contributed by atoms with Crippen LogP contribution in [0.15, 0.2) is 51.2 Å². The highest BCUT2D eigenvalue weighted by atomic mass is 127. The Morgan fingerprint density at radius 3 is 2.68 bits per heavy atom. The number of rotatable bonds is 6. The van der Waals surface area contributed by atoms with E-state index in [1.807, 2.05) is 37.7 Å². The molecule has 9 heteroatoms. The molecule has 28 heavy (non-hydrogen) atoms. The molecule has 0 saturated heterocycles. The standard InChI is InChI=1S/C19H23BrN6S.HI/c1-14-23-24-18(26(14)3)12-22-19(21-11-16-8-6-10-27-16)25(2)13-15-7-4-5-9-17(15)20;/h4-10H,11-13H2,1-3H3,(H,21,22);1H. The van der Waals surface area contributed by atoms with Gasteiger partial charge in [-0.3, -0.25) is 0 Å². The lowest BCUT2D eigenvalue weighted by atomic mass is 10.2. The van der Waals surface area contributed by atoms with Crippen molar-refractivity contribution in [1.29, 1.82) is 0 Å². The molecule has 1 N–H and O–H groups in total. The first-order chi connectivity index (χ1) is 13.0. The maximum atomic E-state index is 4.79. The second-order valence-electron chi connectivity index (χ2n) is 6.24. The van der Waals surface area contributed by atoms with Gasteiger partial charge < -0.3 is 14.8 Å². The van der Waals surface area contributed by atoms with E-state index in [-0.39, 0.29) is 24.0 Å². The maximum absolute atomic E-state index is 4.79. The van der Waals surface area contributed by atoms with Gasteiger partial charge in [-0.2, -0.15) is 0 Å². The molecule has 0 unspecified atom stereocenters. The van der Waals surface area contributed by atoms with Crippen LogP contribution in [0.5, 0.6) is 0 Å². The first-order valence-electron chi connectivity index (χ1n) is 8.64. The van der Waals surface area contributed by atoms with Gasteiger partial charge in [0.25, 0.3) is 0 Å². The van der Waals surface area contributed by atoms with Gasteiger partial charge in [0.15, 0.2) is 11.8 Å². The minimum atomic E-state index is 0. The highest BCUT2D eigenvalue weighted by Gasteiger charge is 2.11. The van der Waals surface area contributed by atoms with E-state index in [0.717, 1.165) is 35.2 Å². The SMILES string of the molecule is Cc1nnc(CN=C(NCc2cccs2)N(C)Cc2ccccc2Br)n1C.I. The number of guanidine groups is 1. The Bertz CT molecular complexity index is 909. The van der Waals surface area contributed by atoms with Gasteiger partial charge in [-0.15, -0.1) is 45.5 Å². The summed E-state index contributed by atoms with van der Waals surface area (Å²) in [4.78, 5) is 8.18. The Morgan fingerprint density at radius 1 is 1.25 bits per heavy atom. The van der Waals surface area contributed by atoms with Crippen LogP contribution in [0.2, 0.25) is 0 Å². The Hall–Kier alpha value is -1.46. The van der Waals surface area contributed by atoms with E-state index in [1.54, 1.807) is 11.3 Å². The molecule has 0 saturated carbocycles. The van der Waals surface area contributed by atoms with Gasteiger partial charge in [0.05, 0.1) is 6.54 Å². The molecule has 6 nitrogen and oxygen atoms in total. The Balaban J connectivity index is 0.00000280. The molecule has 1 aromatic carbocycles. The molecule has 0 spiro atoms. The third kappa shape index (κ3) is 6.02. The van der Waals surface area contributed by atoms with Gasteiger partial charge >= 0.3 is 0 Å². The molecule has 0 atom stereocenters. The smallest absolute Gasteiger partial charge is 0.194 e. The van der Waals surface area contributed by atoms with Gasteiger partial charge in [0, 0.05) is 30.0 Å². The fraction of sp³-hybridized carbons (Fsp3) is 0.316. The van der Waals surface area contributed by atoms with Crippen molar-refractivity contribution in [3.63, 3.8) is 0 Å². The molecule has 0 fully saturated rings. The van der Waals surface area contributed by atoms with E-state index in [2.05, 4.69) is 66.0 Å². The fourth-order valence-corrected chi connectivity index (χ4v) is 3.64. The number of hydrogen-bond donors (Lipinski definition) is 1. The van der Waals surface area contributed by atoms with Crippen molar-refractivity contribution in [2.75, 3.05) is 7.05 Å². The van der Waals surface area contributed by atoms with E-state index >= 15 is 0 Å². The van der Waals surface area contributed by atoms with Gasteiger partial charge in [0.1, 0.15) is 12.4 Å². The zero-order valence-corrected chi connectivity index (χ0v) is 20.8. The van der Waals surface area contributed by atoms with E-state index in [4.69, 9.17) is 4.99 Å². The first-order valence-corrected chi connectivity index (χ1v) is 10.3. The third-order valence-electron chi connectivity index (χ3n) is 4.28. The predicted molar refractivity (Wildman–Crippen MR) is 129 cm³/mol. The van der Waals surface area contributed by atoms with Crippen molar-refractivity contribution in [3.05, 3.63) is 68.3 Å². The second-order valence-corrected chi connectivity index (χ2v) is 8.13. The lowest BCUT2D eigenvalue weighted by Crippen LogP contribution is -2.38. The van der Waals surface area contributed by atoms with Crippen LogP contribution in [0.4, 0.5) is 0 Å². The van der Waals surface area contributed by atoms with Crippen molar-refractivity contribution >= 4 is 57.2 Å². The highest BCUT2D eigenvalue weighted by Crippen LogP contribution is 2.17.